The molecule has 126 valence electrons. The molecule has 2 saturated heterocycles. The standard InChI is InChI=1S/C19H28N2O2/c1-14-3-5-16(6-4-14)19(8-11-23-12-9-19)18(22)21-17-7-10-20-15(2)13-17/h3-6,15,17,20H,7-13H2,1-2H3,(H,21,22). The van der Waals surface area contributed by atoms with E-state index in [1.165, 1.54) is 5.56 Å². The van der Waals surface area contributed by atoms with Crippen LogP contribution in [0.3, 0.4) is 0 Å². The Labute approximate surface area is 139 Å². The first-order chi connectivity index (χ1) is 11.1. The SMILES string of the molecule is Cc1ccc(C2(C(=O)NC3CCNC(C)C3)CCOCC2)cc1. The maximum absolute atomic E-state index is 13.2. The van der Waals surface area contributed by atoms with Gasteiger partial charge in [0.25, 0.3) is 0 Å². The summed E-state index contributed by atoms with van der Waals surface area (Å²) in [7, 11) is 0. The van der Waals surface area contributed by atoms with Crippen molar-refractivity contribution in [1.82, 2.24) is 10.6 Å². The number of rotatable bonds is 3. The second kappa shape index (κ2) is 7.02. The molecule has 2 unspecified atom stereocenters. The van der Waals surface area contributed by atoms with Crippen LogP contribution >= 0.6 is 0 Å². The van der Waals surface area contributed by atoms with Gasteiger partial charge in [0.1, 0.15) is 0 Å². The van der Waals surface area contributed by atoms with Crippen molar-refractivity contribution in [1.29, 1.82) is 0 Å². The summed E-state index contributed by atoms with van der Waals surface area (Å²) in [5.74, 6) is 0.184. The Balaban J connectivity index is 1.80. The van der Waals surface area contributed by atoms with Gasteiger partial charge < -0.3 is 15.4 Å². The molecule has 1 aromatic rings. The van der Waals surface area contributed by atoms with Crippen LogP contribution in [0.5, 0.6) is 0 Å². The average molecular weight is 316 g/mol. The van der Waals surface area contributed by atoms with Gasteiger partial charge in [-0.3, -0.25) is 4.79 Å². The molecule has 4 heteroatoms. The lowest BCUT2D eigenvalue weighted by molar-refractivity contribution is -0.131. The minimum absolute atomic E-state index is 0.184. The van der Waals surface area contributed by atoms with E-state index in [9.17, 15) is 4.79 Å². The van der Waals surface area contributed by atoms with Gasteiger partial charge >= 0.3 is 0 Å². The summed E-state index contributed by atoms with van der Waals surface area (Å²) in [5.41, 5.74) is 1.93. The Bertz CT molecular complexity index is 535. The van der Waals surface area contributed by atoms with E-state index in [4.69, 9.17) is 4.74 Å². The number of hydrogen-bond acceptors (Lipinski definition) is 3. The number of nitrogens with one attached hydrogen (secondary N) is 2. The van der Waals surface area contributed by atoms with E-state index >= 15 is 0 Å². The molecule has 0 bridgehead atoms. The number of carbonyl (C=O) groups is 1. The van der Waals surface area contributed by atoms with Crippen LogP contribution in [0.2, 0.25) is 0 Å². The van der Waals surface area contributed by atoms with Crippen molar-refractivity contribution in [2.45, 2.75) is 57.0 Å². The predicted octanol–water partition coefficient (Wildman–Crippen LogP) is 2.30. The lowest BCUT2D eigenvalue weighted by Crippen LogP contribution is -2.54. The average Bonchev–Trinajstić information content (AvgIpc) is 2.56. The molecule has 2 aliphatic heterocycles. The van der Waals surface area contributed by atoms with Gasteiger partial charge in [-0.2, -0.15) is 0 Å². The highest BCUT2D eigenvalue weighted by Crippen LogP contribution is 2.35. The third kappa shape index (κ3) is 3.59. The number of hydrogen-bond donors (Lipinski definition) is 2. The number of ether oxygens (including phenoxy) is 1. The smallest absolute Gasteiger partial charge is 0.231 e. The largest absolute Gasteiger partial charge is 0.381 e. The van der Waals surface area contributed by atoms with Crippen molar-refractivity contribution < 1.29 is 9.53 Å². The Hall–Kier alpha value is -1.39. The summed E-state index contributed by atoms with van der Waals surface area (Å²) in [4.78, 5) is 13.2. The third-order valence-corrected chi connectivity index (χ3v) is 5.34. The van der Waals surface area contributed by atoms with Gasteiger partial charge in [-0.25, -0.2) is 0 Å². The summed E-state index contributed by atoms with van der Waals surface area (Å²) in [5, 5.41) is 6.78. The zero-order chi connectivity index (χ0) is 16.3. The van der Waals surface area contributed by atoms with Gasteiger partial charge in [-0.05, 0) is 51.6 Å². The fourth-order valence-corrected chi connectivity index (χ4v) is 3.83. The molecule has 3 rings (SSSR count). The molecule has 0 aliphatic carbocycles. The Morgan fingerprint density at radius 2 is 1.96 bits per heavy atom. The molecular weight excluding hydrogens is 288 g/mol. The number of benzene rings is 1. The molecule has 0 saturated carbocycles. The quantitative estimate of drug-likeness (QED) is 0.899. The normalized spacial score (nSPS) is 27.4. The lowest BCUT2D eigenvalue weighted by atomic mass is 9.73. The van der Waals surface area contributed by atoms with E-state index in [1.807, 2.05) is 0 Å². The van der Waals surface area contributed by atoms with Gasteiger partial charge in [0, 0.05) is 25.3 Å². The van der Waals surface area contributed by atoms with E-state index < -0.39 is 5.41 Å². The van der Waals surface area contributed by atoms with Crippen LogP contribution in [-0.2, 0) is 14.9 Å². The van der Waals surface area contributed by atoms with Crippen molar-refractivity contribution >= 4 is 5.91 Å². The van der Waals surface area contributed by atoms with Crippen LogP contribution in [-0.4, -0.2) is 37.7 Å². The van der Waals surface area contributed by atoms with Gasteiger partial charge in [-0.15, -0.1) is 0 Å². The number of carbonyl (C=O) groups excluding carboxylic acids is 1. The highest BCUT2D eigenvalue weighted by Gasteiger charge is 2.42. The van der Waals surface area contributed by atoms with Crippen molar-refractivity contribution in [3.05, 3.63) is 35.4 Å². The van der Waals surface area contributed by atoms with Crippen molar-refractivity contribution in [3.8, 4) is 0 Å². The van der Waals surface area contributed by atoms with Crippen molar-refractivity contribution in [3.63, 3.8) is 0 Å². The Kier molecular flexibility index (Phi) is 5.02. The molecule has 2 atom stereocenters. The van der Waals surface area contributed by atoms with E-state index in [-0.39, 0.29) is 11.9 Å². The fourth-order valence-electron chi connectivity index (χ4n) is 3.83. The fraction of sp³-hybridized carbons (Fsp3) is 0.632. The molecule has 1 aromatic carbocycles. The van der Waals surface area contributed by atoms with Gasteiger partial charge in [0.2, 0.25) is 5.91 Å². The summed E-state index contributed by atoms with van der Waals surface area (Å²) < 4.78 is 5.54. The molecule has 23 heavy (non-hydrogen) atoms. The van der Waals surface area contributed by atoms with Gasteiger partial charge in [0.05, 0.1) is 5.41 Å². The maximum atomic E-state index is 13.2. The van der Waals surface area contributed by atoms with Crippen LogP contribution in [0.15, 0.2) is 24.3 Å². The molecule has 2 fully saturated rings. The molecular formula is C19H28N2O2. The number of amides is 1. The molecule has 1 amide bonds. The molecule has 0 spiro atoms. The Morgan fingerprint density at radius 3 is 2.61 bits per heavy atom. The van der Waals surface area contributed by atoms with E-state index in [0.717, 1.165) is 37.8 Å². The maximum Gasteiger partial charge on any atom is 0.231 e. The first-order valence-electron chi connectivity index (χ1n) is 8.79. The predicted molar refractivity (Wildman–Crippen MR) is 91.5 cm³/mol. The summed E-state index contributed by atoms with van der Waals surface area (Å²) in [6.07, 6.45) is 3.55. The van der Waals surface area contributed by atoms with E-state index in [2.05, 4.69) is 48.7 Å². The number of piperidine rings is 1. The monoisotopic (exact) mass is 316 g/mol. The zero-order valence-corrected chi connectivity index (χ0v) is 14.2. The van der Waals surface area contributed by atoms with E-state index in [0.29, 0.717) is 19.3 Å². The van der Waals surface area contributed by atoms with Crippen LogP contribution in [0.1, 0.15) is 43.7 Å². The molecule has 4 nitrogen and oxygen atoms in total. The van der Waals surface area contributed by atoms with E-state index in [1.54, 1.807) is 0 Å². The summed E-state index contributed by atoms with van der Waals surface area (Å²) >= 11 is 0. The number of aryl methyl sites for hydroxylation is 1. The van der Waals surface area contributed by atoms with Crippen molar-refractivity contribution in [2.75, 3.05) is 19.8 Å². The van der Waals surface area contributed by atoms with Gasteiger partial charge in [-0.1, -0.05) is 29.8 Å². The zero-order valence-electron chi connectivity index (χ0n) is 14.2. The van der Waals surface area contributed by atoms with Crippen molar-refractivity contribution in [2.24, 2.45) is 0 Å². The highest BCUT2D eigenvalue weighted by molar-refractivity contribution is 5.88. The lowest BCUT2D eigenvalue weighted by Gasteiger charge is -2.38. The first-order valence-corrected chi connectivity index (χ1v) is 8.79. The van der Waals surface area contributed by atoms with Crippen LogP contribution in [0.4, 0.5) is 0 Å². The van der Waals surface area contributed by atoms with Gasteiger partial charge in [0.15, 0.2) is 0 Å². The summed E-state index contributed by atoms with van der Waals surface area (Å²) in [6.45, 7) is 6.56. The topological polar surface area (TPSA) is 50.4 Å². The summed E-state index contributed by atoms with van der Waals surface area (Å²) in [6, 6.07) is 9.19. The molecule has 0 radical (unpaired) electrons. The second-order valence-corrected chi connectivity index (χ2v) is 7.11. The molecule has 2 aliphatic rings. The van der Waals surface area contributed by atoms with Crippen LogP contribution in [0.25, 0.3) is 0 Å². The minimum atomic E-state index is -0.430. The van der Waals surface area contributed by atoms with Crippen LogP contribution < -0.4 is 10.6 Å². The van der Waals surface area contributed by atoms with Crippen LogP contribution in [0, 0.1) is 6.92 Å². The minimum Gasteiger partial charge on any atom is -0.381 e. The third-order valence-electron chi connectivity index (χ3n) is 5.34. The highest BCUT2D eigenvalue weighted by atomic mass is 16.5. The Morgan fingerprint density at radius 1 is 1.26 bits per heavy atom. The molecule has 0 aromatic heterocycles. The first kappa shape index (κ1) is 16.5. The molecule has 2 N–H and O–H groups in total. The second-order valence-electron chi connectivity index (χ2n) is 7.11. The molecule has 2 heterocycles.